The fraction of sp³-hybridized carbons (Fsp3) is 0.948. The lowest BCUT2D eigenvalue weighted by Gasteiger charge is -2.45. The average Bonchev–Trinajstić information content (AvgIpc) is 0.795. The van der Waals surface area contributed by atoms with Crippen LogP contribution in [0.5, 0.6) is 0 Å². The van der Waals surface area contributed by atoms with E-state index in [0.29, 0.717) is 56.8 Å². The minimum absolute atomic E-state index is 0.176. The summed E-state index contributed by atoms with van der Waals surface area (Å²) in [5.41, 5.74) is 0. The van der Waals surface area contributed by atoms with Gasteiger partial charge in [-0.1, -0.05) is 299 Å². The Morgan fingerprint density at radius 1 is 0.434 bits per heavy atom. The van der Waals surface area contributed by atoms with Crippen LogP contribution >= 0.6 is 7.82 Å². The number of phosphoric ester groups is 1. The van der Waals surface area contributed by atoms with Gasteiger partial charge in [0.25, 0.3) is 0 Å². The second kappa shape index (κ2) is 57.9. The van der Waals surface area contributed by atoms with Crippen molar-refractivity contribution in [3.05, 3.63) is 0 Å². The van der Waals surface area contributed by atoms with Crippen LogP contribution in [0.3, 0.4) is 0 Å². The van der Waals surface area contributed by atoms with Gasteiger partial charge in [-0.3, -0.25) is 23.7 Å². The zero-order chi connectivity index (χ0) is 73.1. The van der Waals surface area contributed by atoms with Crippen LogP contribution in [0.15, 0.2) is 0 Å². The molecule has 13 atom stereocenters. The number of aliphatic hydroxyl groups excluding tert-OH is 6. The molecule has 2 amide bonds. The molecule has 0 spiro atoms. The van der Waals surface area contributed by atoms with Crippen LogP contribution in [-0.2, 0) is 52.0 Å². The molecule has 0 aromatic heterocycles. The van der Waals surface area contributed by atoms with Gasteiger partial charge < -0.3 is 74.7 Å². The van der Waals surface area contributed by atoms with Crippen LogP contribution in [0.25, 0.3) is 0 Å². The molecule has 0 aliphatic carbocycles. The number of rotatable bonds is 64. The highest BCUT2D eigenvalue weighted by molar-refractivity contribution is 7.46. The van der Waals surface area contributed by atoms with E-state index < -0.39 is 137 Å². The van der Waals surface area contributed by atoms with Crippen molar-refractivity contribution in [2.45, 2.75) is 436 Å². The van der Waals surface area contributed by atoms with Crippen LogP contribution in [-0.4, -0.2) is 157 Å². The molecule has 2 rings (SSSR count). The Morgan fingerprint density at radius 3 is 1.23 bits per heavy atom. The summed E-state index contributed by atoms with van der Waals surface area (Å²) in [6.07, 6.45) is 27.2. The van der Waals surface area contributed by atoms with Crippen LogP contribution in [0.1, 0.15) is 357 Å². The number of carbonyl (C=O) groups is 4. The molecule has 2 saturated heterocycles. The number of carbonyl (C=O) groups excluding carboxylic acids is 4. The monoisotopic (exact) mass is 1440 g/mol. The summed E-state index contributed by atoms with van der Waals surface area (Å²) in [6.45, 7) is 14.0. The Balaban J connectivity index is 2.31. The molecule has 2 heterocycles. The normalized spacial score (nSPS) is 22.2. The Labute approximate surface area is 599 Å². The number of amides is 2. The number of esters is 2. The van der Waals surface area contributed by atoms with E-state index in [1.807, 2.05) is 0 Å². The van der Waals surface area contributed by atoms with Crippen molar-refractivity contribution in [1.82, 2.24) is 10.6 Å². The van der Waals surface area contributed by atoms with Crippen LogP contribution in [0.2, 0.25) is 0 Å². The lowest BCUT2D eigenvalue weighted by atomic mass is 9.95. The SMILES string of the molecule is CCCCCCCCCCCCCCCC(=O)O[C@H](CCCCCCCCCCCC(C)C)CC(=O)N[C@H]1[C@H](OC[C@H]2O[C@H](OP(=O)(O)O)[C@H](NC(=O)C[C@H](O)CCCCCCCCCCCC(C)C)[C@@H](O)[C@@H]2O)O[C@H](CO)[C@@H](O)[C@@H]1OC(=O)C[C@H](O)CCCCCCCCCC(C)C. The van der Waals surface area contributed by atoms with E-state index in [1.165, 1.54) is 135 Å². The van der Waals surface area contributed by atoms with Crippen LogP contribution in [0.4, 0.5) is 0 Å². The van der Waals surface area contributed by atoms with Crippen molar-refractivity contribution >= 4 is 31.6 Å². The summed E-state index contributed by atoms with van der Waals surface area (Å²) in [7, 11) is -5.44. The third-order valence-electron chi connectivity index (χ3n) is 19.6. The number of ether oxygens (including phenoxy) is 5. The number of phosphoric acid groups is 1. The molecular formula is C77H147N2O19P. The topological polar surface area (TPSA) is 327 Å². The highest BCUT2D eigenvalue weighted by Gasteiger charge is 2.52. The van der Waals surface area contributed by atoms with Gasteiger partial charge in [-0.25, -0.2) is 4.57 Å². The first-order valence-electron chi connectivity index (χ1n) is 40.1. The first kappa shape index (κ1) is 92.7. The highest BCUT2D eigenvalue weighted by atomic mass is 31.2. The molecule has 0 radical (unpaired) electrons. The fourth-order valence-corrected chi connectivity index (χ4v) is 14.0. The second-order valence-corrected chi connectivity index (χ2v) is 31.8. The first-order chi connectivity index (χ1) is 47.4. The smallest absolute Gasteiger partial charge is 0.462 e. The Morgan fingerprint density at radius 2 is 0.808 bits per heavy atom. The van der Waals surface area contributed by atoms with Crippen LogP contribution < -0.4 is 10.6 Å². The standard InChI is InChI=1S/C77H147N2O19P/c1-8-9-10-11-12-13-14-15-16-23-31-38-45-52-68(85)94-63(51-44-37-30-22-18-20-26-33-40-47-59(4)5)55-67(84)79-71-75(97-69(86)54-62(82)50-43-36-29-24-27-34-41-48-60(6)7)73(88)64(56-80)95-76(71)93-57-65-72(87)74(89)70(77(96-65)98-99(90,91)92)78-66(83)53-61(81)49-42-35-28-21-17-19-25-32-39-46-58(2)3/h58-65,70-77,80-82,87-89H,8-57H2,1-7H3,(H,78,83)(H,79,84)(H2,90,91,92)/t61-,62-,63-,64-,65-,70-,71-,72-,73-,74-,75-,76-,77-/m1/s1. The number of aliphatic hydroxyl groups is 6. The van der Waals surface area contributed by atoms with Gasteiger partial charge in [0.2, 0.25) is 11.8 Å². The van der Waals surface area contributed by atoms with Crippen molar-refractivity contribution in [2.24, 2.45) is 17.8 Å². The summed E-state index contributed by atoms with van der Waals surface area (Å²) in [4.78, 5) is 75.3. The summed E-state index contributed by atoms with van der Waals surface area (Å²) < 4.78 is 47.4. The molecule has 22 heteroatoms. The molecule has 0 aromatic carbocycles. The molecule has 2 aliphatic heterocycles. The van der Waals surface area contributed by atoms with Crippen molar-refractivity contribution in [2.75, 3.05) is 13.2 Å². The molecule has 21 nitrogen and oxygen atoms in total. The molecule has 0 aromatic rings. The van der Waals surface area contributed by atoms with Gasteiger partial charge >= 0.3 is 19.8 Å². The van der Waals surface area contributed by atoms with Gasteiger partial charge in [0.1, 0.15) is 48.7 Å². The van der Waals surface area contributed by atoms with E-state index in [2.05, 4.69) is 59.1 Å². The van der Waals surface area contributed by atoms with E-state index in [-0.39, 0.29) is 12.8 Å². The minimum Gasteiger partial charge on any atom is -0.462 e. The predicted octanol–water partition coefficient (Wildman–Crippen LogP) is 14.9. The lowest BCUT2D eigenvalue weighted by Crippen LogP contribution is -2.67. The molecule has 0 bridgehead atoms. The summed E-state index contributed by atoms with van der Waals surface area (Å²) in [5.74, 6) is -0.792. The maximum Gasteiger partial charge on any atom is 0.472 e. The third-order valence-corrected chi connectivity index (χ3v) is 20.1. The molecule has 10 N–H and O–H groups in total. The van der Waals surface area contributed by atoms with Crippen molar-refractivity contribution in [1.29, 1.82) is 0 Å². The molecule has 0 unspecified atom stereocenters. The van der Waals surface area contributed by atoms with E-state index >= 15 is 0 Å². The molecule has 99 heavy (non-hydrogen) atoms. The van der Waals surface area contributed by atoms with E-state index in [4.69, 9.17) is 28.2 Å². The Kier molecular flexibility index (Phi) is 54.2. The summed E-state index contributed by atoms with van der Waals surface area (Å²) in [6, 6.07) is -3.36. The van der Waals surface area contributed by atoms with E-state index in [1.54, 1.807) is 0 Å². The number of hydrogen-bond acceptors (Lipinski definition) is 17. The Bertz CT molecular complexity index is 2050. The average molecular weight is 1440 g/mol. The predicted molar refractivity (Wildman–Crippen MR) is 389 cm³/mol. The third kappa shape index (κ3) is 47.7. The van der Waals surface area contributed by atoms with Gasteiger partial charge in [-0.2, -0.15) is 0 Å². The van der Waals surface area contributed by atoms with Gasteiger partial charge in [0, 0.05) is 6.42 Å². The second-order valence-electron chi connectivity index (χ2n) is 30.6. The molecule has 584 valence electrons. The zero-order valence-electron chi connectivity index (χ0n) is 63.1. The quantitative estimate of drug-likeness (QED) is 0.0154. The number of nitrogens with one attached hydrogen (secondary N) is 2. The molecule has 2 aliphatic rings. The zero-order valence-corrected chi connectivity index (χ0v) is 64.0. The first-order valence-corrected chi connectivity index (χ1v) is 41.6. The highest BCUT2D eigenvalue weighted by Crippen LogP contribution is 2.41. The van der Waals surface area contributed by atoms with Crippen molar-refractivity contribution in [3.8, 4) is 0 Å². The molecular weight excluding hydrogens is 1290 g/mol. The summed E-state index contributed by atoms with van der Waals surface area (Å²) >= 11 is 0. The Hall–Kier alpha value is -2.37. The lowest BCUT2D eigenvalue weighted by molar-refractivity contribution is -0.297. The number of unbranched alkanes of at least 4 members (excludes halogenated alkanes) is 34. The molecule has 2 fully saturated rings. The van der Waals surface area contributed by atoms with Crippen LogP contribution in [0, 0.1) is 17.8 Å². The largest absolute Gasteiger partial charge is 0.472 e. The number of hydrogen-bond donors (Lipinski definition) is 10. The minimum atomic E-state index is -5.44. The van der Waals surface area contributed by atoms with E-state index in [0.717, 1.165) is 109 Å². The maximum absolute atomic E-state index is 14.5. The van der Waals surface area contributed by atoms with Gasteiger partial charge in [0.15, 0.2) is 18.7 Å². The van der Waals surface area contributed by atoms with E-state index in [9.17, 15) is 64.2 Å². The van der Waals surface area contributed by atoms with Gasteiger partial charge in [0.05, 0.1) is 44.7 Å². The van der Waals surface area contributed by atoms with Gasteiger partial charge in [-0.15, -0.1) is 0 Å². The maximum atomic E-state index is 14.5. The molecule has 0 saturated carbocycles. The van der Waals surface area contributed by atoms with Crippen molar-refractivity contribution < 1.29 is 92.4 Å². The van der Waals surface area contributed by atoms with Crippen molar-refractivity contribution in [3.63, 3.8) is 0 Å². The summed E-state index contributed by atoms with van der Waals surface area (Å²) in [5, 5.41) is 72.5. The van der Waals surface area contributed by atoms with Gasteiger partial charge in [-0.05, 0) is 49.9 Å². The fourth-order valence-electron chi connectivity index (χ4n) is 13.5.